The molecule has 2 aromatic heterocycles. The number of aryl methyl sites for hydroxylation is 2. The molecule has 0 bridgehead atoms. The first-order valence-electron chi connectivity index (χ1n) is 8.90. The molecule has 0 radical (unpaired) electrons. The van der Waals surface area contributed by atoms with E-state index in [4.69, 9.17) is 5.10 Å². The van der Waals surface area contributed by atoms with Crippen molar-refractivity contribution < 1.29 is 4.79 Å². The van der Waals surface area contributed by atoms with Crippen molar-refractivity contribution in [3.8, 4) is 0 Å². The maximum absolute atomic E-state index is 13.1. The smallest absolute Gasteiger partial charge is 0.273 e. The summed E-state index contributed by atoms with van der Waals surface area (Å²) in [4.78, 5) is 19.6. The summed E-state index contributed by atoms with van der Waals surface area (Å²) in [6, 6.07) is 0.332. The van der Waals surface area contributed by atoms with Crippen LogP contribution in [0.25, 0.3) is 0 Å². The van der Waals surface area contributed by atoms with Crippen LogP contribution in [0, 0.1) is 6.92 Å². The van der Waals surface area contributed by atoms with Crippen molar-refractivity contribution in [2.24, 2.45) is 7.05 Å². The first kappa shape index (κ1) is 15.8. The van der Waals surface area contributed by atoms with E-state index in [1.807, 2.05) is 28.9 Å². The minimum absolute atomic E-state index is 0.0728. The summed E-state index contributed by atoms with van der Waals surface area (Å²) in [6.45, 7) is 2.58. The van der Waals surface area contributed by atoms with Crippen LogP contribution in [0.15, 0.2) is 5.38 Å². The highest BCUT2D eigenvalue weighted by Gasteiger charge is 2.31. The molecule has 1 saturated carbocycles. The Bertz CT molecular complexity index is 757. The topological polar surface area (TPSA) is 51.0 Å². The average Bonchev–Trinajstić information content (AvgIpc) is 3.32. The first-order chi connectivity index (χ1) is 11.6. The van der Waals surface area contributed by atoms with Gasteiger partial charge in [0.05, 0.1) is 17.2 Å². The van der Waals surface area contributed by atoms with Gasteiger partial charge >= 0.3 is 0 Å². The highest BCUT2D eigenvalue weighted by atomic mass is 32.1. The van der Waals surface area contributed by atoms with E-state index < -0.39 is 0 Å². The minimum Gasteiger partial charge on any atom is -0.328 e. The van der Waals surface area contributed by atoms with E-state index in [-0.39, 0.29) is 5.91 Å². The lowest BCUT2D eigenvalue weighted by Gasteiger charge is -2.28. The molecule has 2 aliphatic rings. The van der Waals surface area contributed by atoms with Gasteiger partial charge in [-0.25, -0.2) is 4.98 Å². The lowest BCUT2D eigenvalue weighted by Crippen LogP contribution is -2.38. The number of hydrogen-bond acceptors (Lipinski definition) is 4. The van der Waals surface area contributed by atoms with Gasteiger partial charge in [0, 0.05) is 24.2 Å². The van der Waals surface area contributed by atoms with E-state index in [0.29, 0.717) is 18.3 Å². The normalized spacial score (nSPS) is 17.4. The number of amides is 1. The maximum atomic E-state index is 13.1. The van der Waals surface area contributed by atoms with Crippen LogP contribution in [-0.2, 0) is 26.4 Å². The van der Waals surface area contributed by atoms with E-state index >= 15 is 0 Å². The second-order valence-corrected chi connectivity index (χ2v) is 8.03. The van der Waals surface area contributed by atoms with Gasteiger partial charge in [0.25, 0.3) is 5.91 Å². The average molecular weight is 344 g/mol. The zero-order valence-corrected chi connectivity index (χ0v) is 15.2. The van der Waals surface area contributed by atoms with Gasteiger partial charge in [-0.2, -0.15) is 5.10 Å². The third-order valence-corrected chi connectivity index (χ3v) is 6.16. The third kappa shape index (κ3) is 2.77. The first-order valence-corrected chi connectivity index (χ1v) is 9.78. The molecule has 0 aromatic carbocycles. The van der Waals surface area contributed by atoms with Crippen LogP contribution in [0.1, 0.15) is 64.6 Å². The molecule has 0 atom stereocenters. The van der Waals surface area contributed by atoms with Crippen molar-refractivity contribution in [1.29, 1.82) is 0 Å². The van der Waals surface area contributed by atoms with Crippen LogP contribution in [0.4, 0.5) is 0 Å². The summed E-state index contributed by atoms with van der Waals surface area (Å²) in [7, 11) is 2.03. The van der Waals surface area contributed by atoms with Crippen LogP contribution >= 0.6 is 11.3 Å². The number of hydrogen-bond donors (Lipinski definition) is 0. The summed E-state index contributed by atoms with van der Waals surface area (Å²) in [6.07, 6.45) is 8.04. The Kier molecular flexibility index (Phi) is 4.16. The van der Waals surface area contributed by atoms with Crippen molar-refractivity contribution in [1.82, 2.24) is 19.7 Å². The summed E-state index contributed by atoms with van der Waals surface area (Å²) in [5.41, 5.74) is 4.42. The molecule has 5 nitrogen and oxygen atoms in total. The highest BCUT2D eigenvalue weighted by Crippen LogP contribution is 2.30. The molecule has 0 saturated heterocycles. The molecule has 2 aromatic rings. The van der Waals surface area contributed by atoms with Crippen LogP contribution in [0.3, 0.4) is 0 Å². The van der Waals surface area contributed by atoms with Crippen LogP contribution in [0.2, 0.25) is 0 Å². The number of fused-ring (bicyclic) bond motifs is 1. The fourth-order valence-electron chi connectivity index (χ4n) is 4.18. The molecule has 0 unspecified atom stereocenters. The summed E-state index contributed by atoms with van der Waals surface area (Å²) in [5.74, 6) is 0.0728. The molecule has 2 aliphatic carbocycles. The second-order valence-electron chi connectivity index (χ2n) is 6.97. The van der Waals surface area contributed by atoms with Crippen LogP contribution < -0.4 is 0 Å². The number of nitrogens with zero attached hydrogens (tertiary/aromatic N) is 4. The number of aromatic nitrogens is 3. The van der Waals surface area contributed by atoms with Gasteiger partial charge in [-0.3, -0.25) is 9.48 Å². The van der Waals surface area contributed by atoms with E-state index in [2.05, 4.69) is 4.98 Å². The van der Waals surface area contributed by atoms with Gasteiger partial charge in [0.15, 0.2) is 0 Å². The molecule has 2 heterocycles. The summed E-state index contributed by atoms with van der Waals surface area (Å²) >= 11 is 1.54. The van der Waals surface area contributed by atoms with Gasteiger partial charge < -0.3 is 4.90 Å². The van der Waals surface area contributed by atoms with Crippen molar-refractivity contribution in [3.63, 3.8) is 0 Å². The van der Waals surface area contributed by atoms with E-state index in [1.54, 1.807) is 11.3 Å². The standard InChI is InChI=1S/C18H24N4OS/c1-12-19-16(11-24-12)18(23)22(13-6-3-4-7-13)10-15-14-8-5-9-17(14)21(2)20-15/h11,13H,3-10H2,1-2H3. The van der Waals surface area contributed by atoms with Crippen molar-refractivity contribution in [2.45, 2.75) is 64.5 Å². The largest absolute Gasteiger partial charge is 0.328 e. The minimum atomic E-state index is 0.0728. The maximum Gasteiger partial charge on any atom is 0.273 e. The molecule has 4 rings (SSSR count). The number of carbonyl (C=O) groups excluding carboxylic acids is 1. The lowest BCUT2D eigenvalue weighted by atomic mass is 10.1. The zero-order chi connectivity index (χ0) is 16.7. The van der Waals surface area contributed by atoms with Gasteiger partial charge in [-0.1, -0.05) is 12.8 Å². The number of thiazole rings is 1. The fourth-order valence-corrected chi connectivity index (χ4v) is 4.76. The number of carbonyl (C=O) groups is 1. The Morgan fingerprint density at radius 1 is 1.33 bits per heavy atom. The molecule has 1 amide bonds. The Labute approximate surface area is 146 Å². The highest BCUT2D eigenvalue weighted by molar-refractivity contribution is 7.09. The van der Waals surface area contributed by atoms with Crippen molar-refractivity contribution in [2.75, 3.05) is 0 Å². The zero-order valence-electron chi connectivity index (χ0n) is 14.4. The monoisotopic (exact) mass is 344 g/mol. The quantitative estimate of drug-likeness (QED) is 0.855. The van der Waals surface area contributed by atoms with E-state index in [9.17, 15) is 4.79 Å². The SMILES string of the molecule is Cc1nc(C(=O)N(Cc2nn(C)c3c2CCC3)C2CCCC2)cs1. The summed E-state index contributed by atoms with van der Waals surface area (Å²) in [5, 5.41) is 7.57. The van der Waals surface area contributed by atoms with Gasteiger partial charge in [0.2, 0.25) is 0 Å². The molecule has 24 heavy (non-hydrogen) atoms. The van der Waals surface area contributed by atoms with Crippen LogP contribution in [-0.4, -0.2) is 31.6 Å². The Balaban J connectivity index is 1.63. The number of rotatable bonds is 4. The van der Waals surface area contributed by atoms with Crippen LogP contribution in [0.5, 0.6) is 0 Å². The predicted molar refractivity (Wildman–Crippen MR) is 94.2 cm³/mol. The van der Waals surface area contributed by atoms with Gasteiger partial charge in [0.1, 0.15) is 5.69 Å². The molecular formula is C18H24N4OS. The van der Waals surface area contributed by atoms with Crippen molar-refractivity contribution in [3.05, 3.63) is 33.0 Å². The Morgan fingerprint density at radius 2 is 2.12 bits per heavy atom. The van der Waals surface area contributed by atoms with Gasteiger partial charge in [-0.15, -0.1) is 11.3 Å². The third-order valence-electron chi connectivity index (χ3n) is 5.38. The molecule has 0 spiro atoms. The molecule has 0 N–H and O–H groups in total. The predicted octanol–water partition coefficient (Wildman–Crippen LogP) is 3.26. The molecule has 1 fully saturated rings. The van der Waals surface area contributed by atoms with Crippen molar-refractivity contribution >= 4 is 17.2 Å². The Hall–Kier alpha value is -1.69. The molecule has 0 aliphatic heterocycles. The fraction of sp³-hybridized carbons (Fsp3) is 0.611. The second kappa shape index (κ2) is 6.31. The van der Waals surface area contributed by atoms with Gasteiger partial charge in [-0.05, 0) is 44.6 Å². The molecule has 6 heteroatoms. The molecular weight excluding hydrogens is 320 g/mol. The van der Waals surface area contributed by atoms with E-state index in [0.717, 1.165) is 36.4 Å². The summed E-state index contributed by atoms with van der Waals surface area (Å²) < 4.78 is 2.02. The Morgan fingerprint density at radius 3 is 2.83 bits per heavy atom. The lowest BCUT2D eigenvalue weighted by molar-refractivity contribution is 0.0655. The van der Waals surface area contributed by atoms with E-state index in [1.165, 1.54) is 30.5 Å². The molecule has 128 valence electrons.